The zero-order valence-corrected chi connectivity index (χ0v) is 20.3. The van der Waals surface area contributed by atoms with Gasteiger partial charge in [0.05, 0.1) is 31.6 Å². The molecule has 2 aromatic carbocycles. The number of urea groups is 1. The first kappa shape index (κ1) is 25.1. The molecule has 2 N–H and O–H groups in total. The molecule has 0 bridgehead atoms. The zero-order chi connectivity index (χ0) is 25.7. The van der Waals surface area contributed by atoms with E-state index < -0.39 is 18.0 Å². The highest BCUT2D eigenvalue weighted by Gasteiger charge is 2.33. The summed E-state index contributed by atoms with van der Waals surface area (Å²) in [5, 5.41) is 5.53. The summed E-state index contributed by atoms with van der Waals surface area (Å²) in [4.78, 5) is 40.8. The van der Waals surface area contributed by atoms with Gasteiger partial charge < -0.3 is 29.9 Å². The molecule has 2 aromatic rings. The molecular formula is C25H30FN5O5. The summed E-state index contributed by atoms with van der Waals surface area (Å²) >= 11 is 0. The Balaban J connectivity index is 1.28. The molecule has 2 heterocycles. The van der Waals surface area contributed by atoms with Gasteiger partial charge in [0.1, 0.15) is 17.7 Å². The Kier molecular flexibility index (Phi) is 7.77. The van der Waals surface area contributed by atoms with Crippen molar-refractivity contribution in [2.24, 2.45) is 0 Å². The molecular weight excluding hydrogens is 469 g/mol. The van der Waals surface area contributed by atoms with Crippen LogP contribution < -0.4 is 25.2 Å². The molecule has 2 fully saturated rings. The second kappa shape index (κ2) is 11.1. The van der Waals surface area contributed by atoms with Crippen molar-refractivity contribution in [2.75, 3.05) is 56.2 Å². The van der Waals surface area contributed by atoms with Crippen molar-refractivity contribution in [3.8, 4) is 5.75 Å². The van der Waals surface area contributed by atoms with Crippen LogP contribution in [0.5, 0.6) is 5.75 Å². The summed E-state index contributed by atoms with van der Waals surface area (Å²) in [6.07, 6.45) is -1.07. The number of benzene rings is 2. The quantitative estimate of drug-likeness (QED) is 0.606. The maximum atomic E-state index is 15.0. The van der Waals surface area contributed by atoms with Gasteiger partial charge in [-0.25, -0.2) is 14.0 Å². The largest absolute Gasteiger partial charge is 0.497 e. The van der Waals surface area contributed by atoms with Gasteiger partial charge in [0, 0.05) is 39.6 Å². The number of carbonyl (C=O) groups is 3. The van der Waals surface area contributed by atoms with E-state index in [1.165, 1.54) is 17.9 Å². The normalized spacial score (nSPS) is 17.6. The van der Waals surface area contributed by atoms with Crippen molar-refractivity contribution in [3.05, 3.63) is 53.8 Å². The van der Waals surface area contributed by atoms with E-state index in [2.05, 4.69) is 10.6 Å². The van der Waals surface area contributed by atoms with Gasteiger partial charge in [-0.1, -0.05) is 12.1 Å². The first-order valence-electron chi connectivity index (χ1n) is 11.8. The van der Waals surface area contributed by atoms with Crippen molar-refractivity contribution in [1.29, 1.82) is 0 Å². The first-order valence-corrected chi connectivity index (χ1v) is 11.8. The zero-order valence-electron chi connectivity index (χ0n) is 20.3. The molecule has 0 unspecified atom stereocenters. The number of hydrogen-bond acceptors (Lipinski definition) is 6. The molecule has 2 aliphatic heterocycles. The monoisotopic (exact) mass is 499 g/mol. The highest BCUT2D eigenvalue weighted by Crippen LogP contribution is 2.28. The minimum absolute atomic E-state index is 0.164. The van der Waals surface area contributed by atoms with Gasteiger partial charge in [-0.15, -0.1) is 0 Å². The second-order valence-corrected chi connectivity index (χ2v) is 8.67. The molecule has 0 radical (unpaired) electrons. The molecule has 0 saturated carbocycles. The highest BCUT2D eigenvalue weighted by atomic mass is 19.1. The van der Waals surface area contributed by atoms with Crippen molar-refractivity contribution in [2.45, 2.75) is 19.6 Å². The average molecular weight is 500 g/mol. The van der Waals surface area contributed by atoms with Gasteiger partial charge in [0.2, 0.25) is 5.91 Å². The van der Waals surface area contributed by atoms with Crippen LogP contribution in [0.2, 0.25) is 0 Å². The van der Waals surface area contributed by atoms with Crippen molar-refractivity contribution in [1.82, 2.24) is 15.5 Å². The predicted molar refractivity (Wildman–Crippen MR) is 132 cm³/mol. The third-order valence-electron chi connectivity index (χ3n) is 6.21. The van der Waals surface area contributed by atoms with Crippen molar-refractivity contribution in [3.63, 3.8) is 0 Å². The third-order valence-corrected chi connectivity index (χ3v) is 6.21. The second-order valence-electron chi connectivity index (χ2n) is 8.67. The lowest BCUT2D eigenvalue weighted by Crippen LogP contribution is -2.51. The van der Waals surface area contributed by atoms with Gasteiger partial charge in [0.25, 0.3) is 0 Å². The number of methoxy groups -OCH3 is 1. The van der Waals surface area contributed by atoms with Crippen LogP contribution in [-0.4, -0.2) is 75.4 Å². The molecule has 192 valence electrons. The molecule has 0 spiro atoms. The fraction of sp³-hybridized carbons (Fsp3) is 0.400. The number of piperazine rings is 1. The minimum Gasteiger partial charge on any atom is -0.497 e. The summed E-state index contributed by atoms with van der Waals surface area (Å²) in [6, 6.07) is 11.9. The summed E-state index contributed by atoms with van der Waals surface area (Å²) in [6.45, 7) is 4.10. The van der Waals surface area contributed by atoms with Crippen LogP contribution in [0.3, 0.4) is 0 Å². The van der Waals surface area contributed by atoms with Gasteiger partial charge in [0.15, 0.2) is 0 Å². The van der Waals surface area contributed by atoms with Crippen LogP contribution >= 0.6 is 0 Å². The third kappa shape index (κ3) is 5.96. The van der Waals surface area contributed by atoms with Gasteiger partial charge in [-0.2, -0.15) is 0 Å². The van der Waals surface area contributed by atoms with Crippen molar-refractivity contribution >= 4 is 29.4 Å². The first-order chi connectivity index (χ1) is 17.3. The van der Waals surface area contributed by atoms with Crippen LogP contribution in [0.25, 0.3) is 0 Å². The lowest BCUT2D eigenvalue weighted by atomic mass is 10.2. The van der Waals surface area contributed by atoms with Gasteiger partial charge in [-0.3, -0.25) is 9.69 Å². The average Bonchev–Trinajstić information content (AvgIpc) is 3.26. The van der Waals surface area contributed by atoms with Gasteiger partial charge in [-0.05, 0) is 35.9 Å². The number of rotatable bonds is 7. The Bertz CT molecular complexity index is 1100. The maximum absolute atomic E-state index is 15.0. The molecule has 0 aliphatic carbocycles. The summed E-state index contributed by atoms with van der Waals surface area (Å²) in [7, 11) is 1.60. The van der Waals surface area contributed by atoms with Crippen molar-refractivity contribution < 1.29 is 28.2 Å². The van der Waals surface area contributed by atoms with E-state index in [-0.39, 0.29) is 25.0 Å². The molecule has 4 amide bonds. The molecule has 4 rings (SSSR count). The number of nitrogens with one attached hydrogen (secondary N) is 2. The Labute approximate surface area is 208 Å². The molecule has 36 heavy (non-hydrogen) atoms. The fourth-order valence-corrected chi connectivity index (χ4v) is 4.20. The smallest absolute Gasteiger partial charge is 0.414 e. The topological polar surface area (TPSA) is 103 Å². The van der Waals surface area contributed by atoms with E-state index in [1.807, 2.05) is 29.2 Å². The molecule has 1 atom stereocenters. The Morgan fingerprint density at radius 1 is 1.08 bits per heavy atom. The lowest BCUT2D eigenvalue weighted by Gasteiger charge is -2.36. The SMILES string of the molecule is COc1ccc(CNC(=O)N2CCN(c3ccc(N4C[C@H](CNC(C)=O)OC4=O)cc3F)CC2)cc1. The number of halogens is 1. The van der Waals surface area contributed by atoms with E-state index in [4.69, 9.17) is 9.47 Å². The number of carbonyl (C=O) groups excluding carboxylic acids is 3. The Hall–Kier alpha value is -4.02. The van der Waals surface area contributed by atoms with Crippen LogP contribution in [0.4, 0.5) is 25.4 Å². The fourth-order valence-electron chi connectivity index (χ4n) is 4.20. The number of cyclic esters (lactones) is 1. The molecule has 11 heteroatoms. The maximum Gasteiger partial charge on any atom is 0.414 e. The predicted octanol–water partition coefficient (Wildman–Crippen LogP) is 2.33. The van der Waals surface area contributed by atoms with Crippen LogP contribution in [-0.2, 0) is 16.1 Å². The molecule has 0 aromatic heterocycles. The Morgan fingerprint density at radius 2 is 1.81 bits per heavy atom. The molecule has 2 aliphatic rings. The standard InChI is InChI=1S/C25H30FN5O5/c1-17(32)27-15-21-16-31(25(34)36-21)19-5-8-23(22(26)13-19)29-9-11-30(12-10-29)24(33)28-14-18-3-6-20(35-2)7-4-18/h3-8,13,21H,9-12,14-16H2,1-2H3,(H,27,32)(H,28,33)/t21-/m0/s1. The molecule has 2 saturated heterocycles. The molecule has 10 nitrogen and oxygen atoms in total. The number of amides is 4. The minimum atomic E-state index is -0.577. The summed E-state index contributed by atoms with van der Waals surface area (Å²) < 4.78 is 25.4. The number of ether oxygens (including phenoxy) is 2. The van der Waals surface area contributed by atoms with E-state index in [1.54, 1.807) is 24.1 Å². The Morgan fingerprint density at radius 3 is 2.44 bits per heavy atom. The number of anilines is 2. The van der Waals surface area contributed by atoms with E-state index >= 15 is 4.39 Å². The summed E-state index contributed by atoms with van der Waals surface area (Å²) in [5.74, 6) is 0.0886. The number of hydrogen-bond donors (Lipinski definition) is 2. The lowest BCUT2D eigenvalue weighted by molar-refractivity contribution is -0.119. The van der Waals surface area contributed by atoms with Gasteiger partial charge >= 0.3 is 12.1 Å². The summed E-state index contributed by atoms with van der Waals surface area (Å²) in [5.41, 5.74) is 1.77. The van der Waals surface area contributed by atoms with Crippen LogP contribution in [0.1, 0.15) is 12.5 Å². The highest BCUT2D eigenvalue weighted by molar-refractivity contribution is 5.90. The van der Waals surface area contributed by atoms with E-state index in [0.717, 1.165) is 11.3 Å². The van der Waals surface area contributed by atoms with Crippen LogP contribution in [0.15, 0.2) is 42.5 Å². The number of nitrogens with zero attached hydrogens (tertiary/aromatic N) is 3. The van der Waals surface area contributed by atoms with Crippen LogP contribution in [0, 0.1) is 5.82 Å². The van der Waals surface area contributed by atoms with E-state index in [0.29, 0.717) is 44.1 Å². The van der Waals surface area contributed by atoms with E-state index in [9.17, 15) is 14.4 Å².